The van der Waals surface area contributed by atoms with Crippen molar-refractivity contribution in [1.29, 1.82) is 0 Å². The highest BCUT2D eigenvalue weighted by Gasteiger charge is 2.24. The summed E-state index contributed by atoms with van der Waals surface area (Å²) in [6, 6.07) is 5.64. The van der Waals surface area contributed by atoms with Crippen LogP contribution in [0.3, 0.4) is 0 Å². The van der Waals surface area contributed by atoms with Crippen molar-refractivity contribution in [3.05, 3.63) is 23.8 Å². The predicted octanol–water partition coefficient (Wildman–Crippen LogP) is 2.36. The molecule has 1 aliphatic carbocycles. The highest BCUT2D eigenvalue weighted by molar-refractivity contribution is 5.94. The van der Waals surface area contributed by atoms with E-state index in [1.165, 1.54) is 19.3 Å². The van der Waals surface area contributed by atoms with Crippen molar-refractivity contribution in [1.82, 2.24) is 0 Å². The van der Waals surface area contributed by atoms with Crippen LogP contribution < -0.4 is 16.8 Å². The van der Waals surface area contributed by atoms with Crippen molar-refractivity contribution in [3.63, 3.8) is 0 Å². The third-order valence-corrected chi connectivity index (χ3v) is 3.50. The van der Waals surface area contributed by atoms with Crippen LogP contribution in [0.5, 0.6) is 0 Å². The molecule has 1 saturated carbocycles. The Morgan fingerprint density at radius 2 is 2.22 bits per heavy atom. The summed E-state index contributed by atoms with van der Waals surface area (Å²) in [6.45, 7) is 2.17. The molecule has 0 spiro atoms. The molecule has 0 saturated heterocycles. The topological polar surface area (TPSA) is 81.1 Å². The normalized spacial score (nSPS) is 16.3. The van der Waals surface area contributed by atoms with Gasteiger partial charge in [-0.2, -0.15) is 0 Å². The van der Waals surface area contributed by atoms with Gasteiger partial charge in [0.2, 0.25) is 5.91 Å². The summed E-state index contributed by atoms with van der Waals surface area (Å²) < 4.78 is 0. The van der Waals surface area contributed by atoms with Crippen LogP contribution in [-0.2, 0) is 0 Å². The molecule has 0 radical (unpaired) electrons. The first kappa shape index (κ1) is 12.7. The minimum Gasteiger partial charge on any atom is -0.397 e. The fourth-order valence-corrected chi connectivity index (χ4v) is 2.15. The first-order valence-electron chi connectivity index (χ1n) is 6.56. The molecule has 0 aliphatic heterocycles. The van der Waals surface area contributed by atoms with Crippen LogP contribution in [0.15, 0.2) is 18.2 Å². The average Bonchev–Trinajstić information content (AvgIpc) is 3.14. The highest BCUT2D eigenvalue weighted by atomic mass is 16.1. The highest BCUT2D eigenvalue weighted by Crippen LogP contribution is 2.35. The fourth-order valence-electron chi connectivity index (χ4n) is 2.15. The average molecular weight is 247 g/mol. The zero-order valence-corrected chi connectivity index (χ0v) is 10.8. The summed E-state index contributed by atoms with van der Waals surface area (Å²) in [5.74, 6) is 0.437. The first-order chi connectivity index (χ1) is 8.60. The third-order valence-electron chi connectivity index (χ3n) is 3.50. The Kier molecular flexibility index (Phi) is 3.75. The Morgan fingerprint density at radius 3 is 2.72 bits per heavy atom. The molecule has 2 rings (SSSR count). The lowest BCUT2D eigenvalue weighted by molar-refractivity contribution is 0.100. The Bertz CT molecular complexity index is 441. The summed E-state index contributed by atoms with van der Waals surface area (Å²) in [6.07, 6.45) is 4.99. The van der Waals surface area contributed by atoms with Gasteiger partial charge in [0.1, 0.15) is 0 Å². The smallest absolute Gasteiger partial charge is 0.248 e. The molecule has 1 atom stereocenters. The second-order valence-electron chi connectivity index (χ2n) is 5.09. The fraction of sp³-hybridized carbons (Fsp3) is 0.500. The number of carbonyl (C=O) groups excluding carboxylic acids is 1. The summed E-state index contributed by atoms with van der Waals surface area (Å²) >= 11 is 0. The maximum Gasteiger partial charge on any atom is 0.248 e. The number of carbonyl (C=O) groups is 1. The van der Waals surface area contributed by atoms with Crippen LogP contribution >= 0.6 is 0 Å². The number of anilines is 2. The molecule has 1 aromatic rings. The number of benzene rings is 1. The Hall–Kier alpha value is -1.71. The molecule has 0 aromatic heterocycles. The lowest BCUT2D eigenvalue weighted by Gasteiger charge is -2.19. The SMILES string of the molecule is CCC(CC1CC1)Nc1ccc(C(N)=O)cc1N. The van der Waals surface area contributed by atoms with E-state index in [0.717, 1.165) is 18.0 Å². The van der Waals surface area contributed by atoms with Gasteiger partial charge in [0.05, 0.1) is 11.4 Å². The second-order valence-corrected chi connectivity index (χ2v) is 5.09. The molecule has 1 amide bonds. The number of hydrogen-bond acceptors (Lipinski definition) is 3. The van der Waals surface area contributed by atoms with E-state index in [9.17, 15) is 4.79 Å². The molecule has 4 heteroatoms. The maximum absolute atomic E-state index is 11.0. The lowest BCUT2D eigenvalue weighted by atomic mass is 10.1. The Balaban J connectivity index is 2.05. The van der Waals surface area contributed by atoms with Crippen LogP contribution in [0.4, 0.5) is 11.4 Å². The van der Waals surface area contributed by atoms with Gasteiger partial charge in [0.15, 0.2) is 0 Å². The molecule has 18 heavy (non-hydrogen) atoms. The minimum atomic E-state index is -0.446. The van der Waals surface area contributed by atoms with Crippen molar-refractivity contribution >= 4 is 17.3 Å². The van der Waals surface area contributed by atoms with E-state index in [-0.39, 0.29) is 0 Å². The number of nitrogens with two attached hydrogens (primary N) is 2. The molecule has 1 fully saturated rings. The molecule has 4 nitrogen and oxygen atoms in total. The van der Waals surface area contributed by atoms with E-state index < -0.39 is 5.91 Å². The van der Waals surface area contributed by atoms with Crippen molar-refractivity contribution < 1.29 is 4.79 Å². The largest absolute Gasteiger partial charge is 0.397 e. The monoisotopic (exact) mass is 247 g/mol. The Labute approximate surface area is 108 Å². The summed E-state index contributed by atoms with van der Waals surface area (Å²) in [7, 11) is 0. The Morgan fingerprint density at radius 1 is 1.50 bits per heavy atom. The zero-order valence-electron chi connectivity index (χ0n) is 10.8. The molecule has 5 N–H and O–H groups in total. The molecule has 1 aromatic carbocycles. The van der Waals surface area contributed by atoms with Crippen LogP contribution in [0.2, 0.25) is 0 Å². The summed E-state index contributed by atoms with van der Waals surface area (Å²) in [4.78, 5) is 11.0. The molecule has 1 unspecified atom stereocenters. The standard InChI is InChI=1S/C14H21N3O/c1-2-11(7-9-3-4-9)17-13-6-5-10(14(16)18)8-12(13)15/h5-6,8-9,11,17H,2-4,7,15H2,1H3,(H2,16,18). The van der Waals surface area contributed by atoms with Gasteiger partial charge in [-0.15, -0.1) is 0 Å². The molecule has 0 bridgehead atoms. The molecular weight excluding hydrogens is 226 g/mol. The van der Waals surface area contributed by atoms with Gasteiger partial charge in [0.25, 0.3) is 0 Å². The predicted molar refractivity (Wildman–Crippen MR) is 74.4 cm³/mol. The van der Waals surface area contributed by atoms with Crippen molar-refractivity contribution in [3.8, 4) is 0 Å². The van der Waals surface area contributed by atoms with Crippen LogP contribution in [-0.4, -0.2) is 11.9 Å². The zero-order chi connectivity index (χ0) is 13.1. The van der Waals surface area contributed by atoms with Gasteiger partial charge < -0.3 is 16.8 Å². The molecular formula is C14H21N3O. The van der Waals surface area contributed by atoms with Gasteiger partial charge in [-0.05, 0) is 37.0 Å². The summed E-state index contributed by atoms with van der Waals surface area (Å²) in [5.41, 5.74) is 13.1. The number of rotatable bonds is 6. The van der Waals surface area contributed by atoms with E-state index >= 15 is 0 Å². The van der Waals surface area contributed by atoms with Gasteiger partial charge >= 0.3 is 0 Å². The number of amides is 1. The van der Waals surface area contributed by atoms with Gasteiger partial charge in [-0.3, -0.25) is 4.79 Å². The van der Waals surface area contributed by atoms with Gasteiger partial charge in [-0.25, -0.2) is 0 Å². The molecule has 98 valence electrons. The quantitative estimate of drug-likeness (QED) is 0.675. The number of hydrogen-bond donors (Lipinski definition) is 3. The second kappa shape index (κ2) is 5.29. The van der Waals surface area contributed by atoms with E-state index in [1.54, 1.807) is 12.1 Å². The first-order valence-corrected chi connectivity index (χ1v) is 6.56. The van der Waals surface area contributed by atoms with Crippen molar-refractivity contribution in [2.45, 2.75) is 38.6 Å². The molecule has 1 aliphatic rings. The minimum absolute atomic E-state index is 0.446. The van der Waals surface area contributed by atoms with Gasteiger partial charge in [0, 0.05) is 11.6 Å². The van der Waals surface area contributed by atoms with Gasteiger partial charge in [-0.1, -0.05) is 19.8 Å². The van der Waals surface area contributed by atoms with E-state index in [1.807, 2.05) is 6.07 Å². The maximum atomic E-state index is 11.0. The van der Waals surface area contributed by atoms with Crippen molar-refractivity contribution in [2.24, 2.45) is 11.7 Å². The third kappa shape index (κ3) is 3.15. The number of nitrogens with one attached hydrogen (secondary N) is 1. The van der Waals surface area contributed by atoms with Crippen LogP contribution in [0.1, 0.15) is 43.0 Å². The number of primary amides is 1. The lowest BCUT2D eigenvalue weighted by Crippen LogP contribution is -2.20. The van der Waals surface area contributed by atoms with E-state index in [2.05, 4.69) is 12.2 Å². The van der Waals surface area contributed by atoms with E-state index in [0.29, 0.717) is 17.3 Å². The molecule has 0 heterocycles. The van der Waals surface area contributed by atoms with E-state index in [4.69, 9.17) is 11.5 Å². The summed E-state index contributed by atoms with van der Waals surface area (Å²) in [5, 5.41) is 3.46. The van der Waals surface area contributed by atoms with Crippen LogP contribution in [0, 0.1) is 5.92 Å². The number of nitrogen functional groups attached to an aromatic ring is 1. The van der Waals surface area contributed by atoms with Crippen molar-refractivity contribution in [2.75, 3.05) is 11.1 Å². The van der Waals surface area contributed by atoms with Crippen LogP contribution in [0.25, 0.3) is 0 Å².